The van der Waals surface area contributed by atoms with Gasteiger partial charge in [-0.2, -0.15) is 0 Å². The number of hydrogen-bond donors (Lipinski definition) is 1. The number of aromatic nitrogens is 2. The lowest BCUT2D eigenvalue weighted by atomic mass is 9.99. The van der Waals surface area contributed by atoms with E-state index < -0.39 is 5.92 Å². The molecular formula is C24H19ClFN3O2. The number of rotatable bonds is 5. The molecule has 0 aliphatic carbocycles. The number of carbonyl (C=O) groups is 1. The molecule has 0 aliphatic heterocycles. The van der Waals surface area contributed by atoms with Gasteiger partial charge in [0.2, 0.25) is 11.8 Å². The van der Waals surface area contributed by atoms with Crippen LogP contribution in [0.3, 0.4) is 0 Å². The highest BCUT2D eigenvalue weighted by atomic mass is 35.5. The summed E-state index contributed by atoms with van der Waals surface area (Å²) in [7, 11) is 0. The molecule has 2 aromatic heterocycles. The zero-order valence-electron chi connectivity index (χ0n) is 16.9. The number of pyridine rings is 1. The number of anilines is 1. The van der Waals surface area contributed by atoms with E-state index in [0.717, 1.165) is 5.56 Å². The van der Waals surface area contributed by atoms with Gasteiger partial charge in [0.1, 0.15) is 11.5 Å². The van der Waals surface area contributed by atoms with Gasteiger partial charge in [0.25, 0.3) is 0 Å². The average molecular weight is 436 g/mol. The van der Waals surface area contributed by atoms with E-state index in [9.17, 15) is 9.18 Å². The fourth-order valence-electron chi connectivity index (χ4n) is 3.34. The zero-order chi connectivity index (χ0) is 22.0. The maximum Gasteiger partial charge on any atom is 0.239 e. The first-order valence-electron chi connectivity index (χ1n) is 9.67. The molecule has 2 heterocycles. The molecule has 1 N–H and O–H groups in total. The largest absolute Gasteiger partial charge is 0.337 e. The molecule has 1 amide bonds. The average Bonchev–Trinajstić information content (AvgIpc) is 3.19. The van der Waals surface area contributed by atoms with Crippen LogP contribution in [0.1, 0.15) is 24.0 Å². The number of halogens is 2. The lowest BCUT2D eigenvalue weighted by molar-refractivity contribution is -0.117. The van der Waals surface area contributed by atoms with Crippen LogP contribution in [0.4, 0.5) is 10.3 Å². The Morgan fingerprint density at radius 3 is 2.55 bits per heavy atom. The molecule has 1 unspecified atom stereocenters. The van der Waals surface area contributed by atoms with Gasteiger partial charge in [-0.25, -0.2) is 4.39 Å². The van der Waals surface area contributed by atoms with Crippen LogP contribution in [0, 0.1) is 12.7 Å². The molecule has 4 aromatic rings. The van der Waals surface area contributed by atoms with Crippen LogP contribution >= 0.6 is 11.6 Å². The van der Waals surface area contributed by atoms with Crippen molar-refractivity contribution in [3.05, 3.63) is 89.0 Å². The van der Waals surface area contributed by atoms with Crippen molar-refractivity contribution in [2.45, 2.75) is 19.8 Å². The highest BCUT2D eigenvalue weighted by molar-refractivity contribution is 6.31. The Morgan fingerprint density at radius 1 is 1.10 bits per heavy atom. The van der Waals surface area contributed by atoms with E-state index in [-0.39, 0.29) is 17.6 Å². The molecule has 31 heavy (non-hydrogen) atoms. The van der Waals surface area contributed by atoms with Gasteiger partial charge in [-0.15, -0.1) is 0 Å². The van der Waals surface area contributed by atoms with E-state index in [0.29, 0.717) is 33.0 Å². The molecular weight excluding hydrogens is 417 g/mol. The second-order valence-electron chi connectivity index (χ2n) is 7.17. The van der Waals surface area contributed by atoms with Gasteiger partial charge >= 0.3 is 0 Å². The van der Waals surface area contributed by atoms with E-state index in [4.69, 9.17) is 16.1 Å². The lowest BCUT2D eigenvalue weighted by Crippen LogP contribution is -2.19. The molecule has 4 rings (SSSR count). The summed E-state index contributed by atoms with van der Waals surface area (Å²) in [5, 5.41) is 7.52. The molecule has 5 nitrogen and oxygen atoms in total. The normalized spacial score (nSPS) is 11.9. The van der Waals surface area contributed by atoms with E-state index in [1.807, 2.05) is 18.2 Å². The van der Waals surface area contributed by atoms with Gasteiger partial charge in [-0.3, -0.25) is 15.1 Å². The summed E-state index contributed by atoms with van der Waals surface area (Å²) >= 11 is 6.25. The molecule has 0 spiro atoms. The minimum atomic E-state index is -0.513. The second kappa shape index (κ2) is 8.70. The summed E-state index contributed by atoms with van der Waals surface area (Å²) in [5.74, 6) is -0.908. The van der Waals surface area contributed by atoms with Crippen LogP contribution in [-0.4, -0.2) is 16.0 Å². The summed E-state index contributed by atoms with van der Waals surface area (Å²) in [6.45, 7) is 3.45. The van der Waals surface area contributed by atoms with Crippen molar-refractivity contribution in [2.75, 3.05) is 5.32 Å². The Bertz CT molecular complexity index is 1240. The molecule has 156 valence electrons. The number of nitrogens with zero attached hydrogens (tertiary/aromatic N) is 2. The maximum absolute atomic E-state index is 13.8. The van der Waals surface area contributed by atoms with Crippen LogP contribution in [0.5, 0.6) is 0 Å². The maximum atomic E-state index is 13.8. The molecule has 0 radical (unpaired) electrons. The van der Waals surface area contributed by atoms with Crippen LogP contribution in [-0.2, 0) is 4.79 Å². The van der Waals surface area contributed by atoms with Crippen LogP contribution in [0.15, 0.2) is 71.5 Å². The Morgan fingerprint density at radius 2 is 1.84 bits per heavy atom. The van der Waals surface area contributed by atoms with Gasteiger partial charge in [0.05, 0.1) is 11.5 Å². The Labute approximate surface area is 183 Å². The van der Waals surface area contributed by atoms with Crippen molar-refractivity contribution in [1.82, 2.24) is 10.1 Å². The first-order chi connectivity index (χ1) is 15.0. The minimum absolute atomic E-state index is 0.201. The van der Waals surface area contributed by atoms with Gasteiger partial charge in [-0.1, -0.05) is 35.0 Å². The van der Waals surface area contributed by atoms with Crippen molar-refractivity contribution in [2.24, 2.45) is 0 Å². The third-order valence-corrected chi connectivity index (χ3v) is 5.44. The predicted molar refractivity (Wildman–Crippen MR) is 118 cm³/mol. The number of carbonyl (C=O) groups excluding carboxylic acids is 1. The molecule has 0 saturated heterocycles. The topological polar surface area (TPSA) is 68.0 Å². The van der Waals surface area contributed by atoms with Crippen LogP contribution in [0.25, 0.3) is 22.4 Å². The van der Waals surface area contributed by atoms with Gasteiger partial charge in [0, 0.05) is 23.0 Å². The summed E-state index contributed by atoms with van der Waals surface area (Å²) in [5.41, 5.74) is 3.71. The molecule has 0 bridgehead atoms. The van der Waals surface area contributed by atoms with E-state index in [1.165, 1.54) is 6.07 Å². The molecule has 0 fully saturated rings. The monoisotopic (exact) mass is 435 g/mol. The molecule has 1 atom stereocenters. The highest BCUT2D eigenvalue weighted by Gasteiger charge is 2.24. The first kappa shape index (κ1) is 20.8. The van der Waals surface area contributed by atoms with Crippen molar-refractivity contribution < 1.29 is 13.7 Å². The van der Waals surface area contributed by atoms with E-state index in [2.05, 4.69) is 15.5 Å². The predicted octanol–water partition coefficient (Wildman–Crippen LogP) is 6.25. The Kier molecular flexibility index (Phi) is 5.82. The molecule has 0 aliphatic rings. The highest BCUT2D eigenvalue weighted by Crippen LogP contribution is 2.38. The van der Waals surface area contributed by atoms with E-state index >= 15 is 0 Å². The van der Waals surface area contributed by atoms with Crippen LogP contribution < -0.4 is 5.32 Å². The molecule has 7 heteroatoms. The third kappa shape index (κ3) is 4.20. The zero-order valence-corrected chi connectivity index (χ0v) is 17.7. The second-order valence-corrected chi connectivity index (χ2v) is 7.57. The Hall–Kier alpha value is -3.51. The summed E-state index contributed by atoms with van der Waals surface area (Å²) in [6.07, 6.45) is 3.28. The summed E-state index contributed by atoms with van der Waals surface area (Å²) in [4.78, 5) is 17.0. The fraction of sp³-hybridized carbons (Fsp3) is 0.125. The SMILES string of the molecule is Cc1cc(-c2noc(NC(=O)C(C)c3ccccc3Cl)c2-c2ccncc2)ccc1F. The number of nitrogens with one attached hydrogen (secondary N) is 1. The number of benzene rings is 2. The van der Waals surface area contributed by atoms with Crippen molar-refractivity contribution >= 4 is 23.4 Å². The summed E-state index contributed by atoms with van der Waals surface area (Å²) < 4.78 is 19.3. The van der Waals surface area contributed by atoms with Gasteiger partial charge < -0.3 is 4.52 Å². The van der Waals surface area contributed by atoms with Crippen molar-refractivity contribution in [1.29, 1.82) is 0 Å². The Balaban J connectivity index is 1.74. The van der Waals surface area contributed by atoms with E-state index in [1.54, 1.807) is 56.6 Å². The lowest BCUT2D eigenvalue weighted by Gasteiger charge is -2.13. The quantitative estimate of drug-likeness (QED) is 0.402. The third-order valence-electron chi connectivity index (χ3n) is 5.09. The minimum Gasteiger partial charge on any atom is -0.337 e. The standard InChI is InChI=1S/C24H19ClFN3O2/c1-14-13-17(7-8-20(14)26)22-21(16-9-11-27-12-10-16)24(31-29-22)28-23(30)15(2)18-5-3-4-6-19(18)25/h3-13,15H,1-2H3,(H,28,30). The number of hydrogen-bond acceptors (Lipinski definition) is 4. The summed E-state index contributed by atoms with van der Waals surface area (Å²) in [6, 6.07) is 15.5. The number of aryl methyl sites for hydroxylation is 1. The van der Waals surface area contributed by atoms with Crippen molar-refractivity contribution in [3.8, 4) is 22.4 Å². The number of amides is 1. The fourth-order valence-corrected chi connectivity index (χ4v) is 3.64. The first-order valence-corrected chi connectivity index (χ1v) is 10.1. The molecule has 2 aromatic carbocycles. The van der Waals surface area contributed by atoms with Gasteiger partial charge in [0.15, 0.2) is 0 Å². The van der Waals surface area contributed by atoms with Crippen molar-refractivity contribution in [3.63, 3.8) is 0 Å². The molecule has 0 saturated carbocycles. The van der Waals surface area contributed by atoms with Crippen LogP contribution in [0.2, 0.25) is 5.02 Å². The van der Waals surface area contributed by atoms with Gasteiger partial charge in [-0.05, 0) is 66.9 Å². The smallest absolute Gasteiger partial charge is 0.239 e.